The Kier molecular flexibility index (Phi) is 6.39. The molecule has 0 fully saturated rings. The minimum atomic E-state index is 0.349. The second kappa shape index (κ2) is 10.3. The summed E-state index contributed by atoms with van der Waals surface area (Å²) in [4.78, 5) is 5.20. The van der Waals surface area contributed by atoms with E-state index in [2.05, 4.69) is 125 Å². The predicted octanol–water partition coefficient (Wildman–Crippen LogP) is 9.15. The summed E-state index contributed by atoms with van der Waals surface area (Å²) < 4.78 is 4.81. The van der Waals surface area contributed by atoms with E-state index >= 15 is 0 Å². The molecular formula is C36H36N4. The highest BCUT2D eigenvalue weighted by molar-refractivity contribution is 6.26. The van der Waals surface area contributed by atoms with E-state index in [1.54, 1.807) is 0 Å². The summed E-state index contributed by atoms with van der Waals surface area (Å²) in [6.07, 6.45) is 13.6. The fraction of sp³-hybridized carbons (Fsp3) is 0.250. The summed E-state index contributed by atoms with van der Waals surface area (Å²) in [6, 6.07) is 29.0. The lowest BCUT2D eigenvalue weighted by Crippen LogP contribution is -2.30. The van der Waals surface area contributed by atoms with Crippen LogP contribution in [0.15, 0.2) is 97.1 Å². The Balaban J connectivity index is 1.53. The van der Waals surface area contributed by atoms with Crippen molar-refractivity contribution in [3.63, 3.8) is 0 Å². The van der Waals surface area contributed by atoms with Crippen molar-refractivity contribution in [2.45, 2.75) is 58.4 Å². The Bertz CT molecular complexity index is 1920. The van der Waals surface area contributed by atoms with E-state index < -0.39 is 0 Å². The molecule has 3 aromatic heterocycles. The third-order valence-corrected chi connectivity index (χ3v) is 8.32. The Hall–Kier alpha value is -4.31. The molecule has 40 heavy (non-hydrogen) atoms. The largest absolute Gasteiger partial charge is 0.365 e. The molecule has 0 aliphatic carbocycles. The molecule has 0 saturated carbocycles. The van der Waals surface area contributed by atoms with E-state index in [1.165, 1.54) is 62.9 Å². The lowest BCUT2D eigenvalue weighted by molar-refractivity contribution is 0.592. The number of aryl methyl sites for hydroxylation is 1. The first kappa shape index (κ1) is 24.7. The van der Waals surface area contributed by atoms with Crippen LogP contribution in [0.4, 0.5) is 0 Å². The maximum Gasteiger partial charge on any atom is 0.137 e. The molecule has 1 aliphatic rings. The number of para-hydroxylation sites is 2. The molecule has 1 N–H and O–H groups in total. The van der Waals surface area contributed by atoms with Gasteiger partial charge in [-0.15, -0.1) is 0 Å². The van der Waals surface area contributed by atoms with E-state index in [1.807, 2.05) is 0 Å². The number of hydrogen-bond acceptors (Lipinski definition) is 2. The Morgan fingerprint density at radius 3 is 2.33 bits per heavy atom. The van der Waals surface area contributed by atoms with Crippen molar-refractivity contribution < 1.29 is 0 Å². The van der Waals surface area contributed by atoms with Crippen molar-refractivity contribution in [1.29, 1.82) is 0 Å². The molecule has 0 spiro atoms. The van der Waals surface area contributed by atoms with Crippen molar-refractivity contribution >= 4 is 49.4 Å². The normalized spacial score (nSPS) is 15.3. The molecule has 200 valence electrons. The van der Waals surface area contributed by atoms with Crippen LogP contribution in [0.1, 0.15) is 51.6 Å². The highest BCUT2D eigenvalue weighted by Crippen LogP contribution is 2.41. The molecule has 0 bridgehead atoms. The number of pyridine rings is 1. The summed E-state index contributed by atoms with van der Waals surface area (Å²) in [6.45, 7) is 4.50. The number of allylic oxidation sites excluding steroid dienone is 2. The van der Waals surface area contributed by atoms with E-state index in [0.717, 1.165) is 36.6 Å². The zero-order valence-electron chi connectivity index (χ0n) is 23.4. The Morgan fingerprint density at radius 2 is 1.50 bits per heavy atom. The monoisotopic (exact) mass is 524 g/mol. The van der Waals surface area contributed by atoms with Crippen LogP contribution in [0, 0.1) is 0 Å². The third-order valence-electron chi connectivity index (χ3n) is 8.32. The second-order valence-electron chi connectivity index (χ2n) is 11.0. The topological polar surface area (TPSA) is 34.8 Å². The van der Waals surface area contributed by atoms with Gasteiger partial charge in [0.1, 0.15) is 11.6 Å². The Morgan fingerprint density at radius 1 is 0.725 bits per heavy atom. The molecule has 6 aromatic rings. The van der Waals surface area contributed by atoms with Gasteiger partial charge >= 0.3 is 0 Å². The van der Waals surface area contributed by atoms with Gasteiger partial charge < -0.3 is 5.32 Å². The molecule has 3 aromatic carbocycles. The fourth-order valence-electron chi connectivity index (χ4n) is 6.39. The molecule has 0 amide bonds. The molecule has 0 saturated heterocycles. The van der Waals surface area contributed by atoms with Gasteiger partial charge in [-0.1, -0.05) is 93.8 Å². The highest BCUT2D eigenvalue weighted by Gasteiger charge is 2.22. The smallest absolute Gasteiger partial charge is 0.137 e. The number of benzene rings is 3. The van der Waals surface area contributed by atoms with Crippen molar-refractivity contribution in [2.75, 3.05) is 0 Å². The minimum Gasteiger partial charge on any atom is -0.365 e. The average molecular weight is 525 g/mol. The van der Waals surface area contributed by atoms with Crippen LogP contribution in [0.2, 0.25) is 0 Å². The Labute approximate surface area is 235 Å². The summed E-state index contributed by atoms with van der Waals surface area (Å²) in [7, 11) is 0. The van der Waals surface area contributed by atoms with Crippen LogP contribution in [-0.2, 0) is 6.42 Å². The molecule has 1 atom stereocenters. The number of rotatable bonds is 8. The molecule has 4 heteroatoms. The predicted molar refractivity (Wildman–Crippen MR) is 170 cm³/mol. The molecule has 0 radical (unpaired) electrons. The fourth-order valence-corrected chi connectivity index (χ4v) is 6.39. The first-order valence-electron chi connectivity index (χ1n) is 14.9. The number of fused-ring (bicyclic) bond motifs is 7. The van der Waals surface area contributed by atoms with Gasteiger partial charge in [-0.2, -0.15) is 0 Å². The quantitative estimate of drug-likeness (QED) is 0.215. The van der Waals surface area contributed by atoms with Crippen LogP contribution < -0.4 is 5.32 Å². The van der Waals surface area contributed by atoms with Crippen LogP contribution in [-0.4, -0.2) is 20.2 Å². The number of nitrogens with one attached hydrogen (secondary N) is 1. The average Bonchev–Trinajstić information content (AvgIpc) is 3.52. The molecule has 7 rings (SSSR count). The van der Waals surface area contributed by atoms with Crippen molar-refractivity contribution in [1.82, 2.24) is 19.4 Å². The lowest BCUT2D eigenvalue weighted by Gasteiger charge is -2.23. The maximum atomic E-state index is 5.20. The SMILES string of the molecule is CCCCc1cccc(-n2c3ccccc3c3ccc4c(c5ccccc5n4C4=CC=CC(CCCC)N4)c32)n1. The molecule has 4 heterocycles. The van der Waals surface area contributed by atoms with Crippen LogP contribution in [0.5, 0.6) is 0 Å². The van der Waals surface area contributed by atoms with Gasteiger partial charge in [0.2, 0.25) is 0 Å². The van der Waals surface area contributed by atoms with E-state index in [0.29, 0.717) is 6.04 Å². The zero-order valence-corrected chi connectivity index (χ0v) is 23.4. The van der Waals surface area contributed by atoms with Crippen molar-refractivity contribution in [2.24, 2.45) is 0 Å². The molecule has 4 nitrogen and oxygen atoms in total. The van der Waals surface area contributed by atoms with E-state index in [-0.39, 0.29) is 0 Å². The van der Waals surface area contributed by atoms with Crippen LogP contribution in [0.25, 0.3) is 55.3 Å². The van der Waals surface area contributed by atoms with Gasteiger partial charge in [0.15, 0.2) is 0 Å². The number of hydrogen-bond donors (Lipinski definition) is 1. The van der Waals surface area contributed by atoms with Gasteiger partial charge in [0.25, 0.3) is 0 Å². The summed E-state index contributed by atoms with van der Waals surface area (Å²) >= 11 is 0. The van der Waals surface area contributed by atoms with Crippen molar-refractivity contribution in [3.05, 3.63) is 103 Å². The summed E-state index contributed by atoms with van der Waals surface area (Å²) in [5.74, 6) is 2.12. The van der Waals surface area contributed by atoms with E-state index in [9.17, 15) is 0 Å². The number of dihydropyridines is 1. The first-order valence-corrected chi connectivity index (χ1v) is 14.9. The van der Waals surface area contributed by atoms with Gasteiger partial charge in [-0.05, 0) is 55.7 Å². The van der Waals surface area contributed by atoms with Gasteiger partial charge in [-0.3, -0.25) is 9.13 Å². The zero-order chi connectivity index (χ0) is 27.1. The second-order valence-corrected chi connectivity index (χ2v) is 11.0. The van der Waals surface area contributed by atoms with Gasteiger partial charge in [0, 0.05) is 33.3 Å². The molecular weight excluding hydrogens is 488 g/mol. The summed E-state index contributed by atoms with van der Waals surface area (Å²) in [5.41, 5.74) is 6.00. The van der Waals surface area contributed by atoms with Crippen molar-refractivity contribution in [3.8, 4) is 5.82 Å². The standard InChI is InChI=1S/C36H36N4/c1-3-5-13-25-15-11-21-33(37-25)39-31-20-10-8-18-29(31)35-32(39)24-23-28-27-17-7-9-19-30(27)40(36(28)35)34-22-12-16-26(38-34)14-6-4-2/h7-12,15-25,37H,3-6,13-14H2,1-2H3. The molecule has 1 unspecified atom stereocenters. The van der Waals surface area contributed by atoms with Crippen LogP contribution >= 0.6 is 0 Å². The van der Waals surface area contributed by atoms with E-state index in [4.69, 9.17) is 4.98 Å². The van der Waals surface area contributed by atoms with Gasteiger partial charge in [0.05, 0.1) is 22.1 Å². The first-order chi connectivity index (χ1) is 19.8. The maximum absolute atomic E-state index is 5.20. The highest BCUT2D eigenvalue weighted by atomic mass is 15.2. The molecule has 1 aliphatic heterocycles. The van der Waals surface area contributed by atoms with Crippen LogP contribution in [0.3, 0.4) is 0 Å². The number of nitrogens with zero attached hydrogens (tertiary/aromatic N) is 3. The minimum absolute atomic E-state index is 0.349. The third kappa shape index (κ3) is 4.02. The number of unbranched alkanes of at least 4 members (excludes halogenated alkanes) is 2. The lowest BCUT2D eigenvalue weighted by atomic mass is 10.1. The van der Waals surface area contributed by atoms with Gasteiger partial charge in [-0.25, -0.2) is 4.98 Å². The number of aromatic nitrogens is 3. The summed E-state index contributed by atoms with van der Waals surface area (Å²) in [5, 5.41) is 8.89.